The summed E-state index contributed by atoms with van der Waals surface area (Å²) >= 11 is 0. The molecule has 7 nitrogen and oxygen atoms in total. The van der Waals surface area contributed by atoms with Gasteiger partial charge in [-0.2, -0.15) is 8.42 Å². The van der Waals surface area contributed by atoms with Crippen molar-refractivity contribution in [3.05, 3.63) is 53.6 Å². The van der Waals surface area contributed by atoms with Gasteiger partial charge in [0, 0.05) is 18.7 Å². The topological polar surface area (TPSA) is 88.1 Å². The number of amides is 1. The Morgan fingerprint density at radius 2 is 2.06 bits per heavy atom. The molecule has 0 radical (unpaired) electrons. The fourth-order valence-electron chi connectivity index (χ4n) is 4.00. The van der Waals surface area contributed by atoms with E-state index in [1.807, 2.05) is 36.9 Å². The van der Waals surface area contributed by atoms with Crippen molar-refractivity contribution in [2.45, 2.75) is 38.0 Å². The van der Waals surface area contributed by atoms with Crippen LogP contribution in [0.2, 0.25) is 0 Å². The van der Waals surface area contributed by atoms with Crippen molar-refractivity contribution in [3.8, 4) is 5.75 Å². The summed E-state index contributed by atoms with van der Waals surface area (Å²) in [6.07, 6.45) is 2.40. The van der Waals surface area contributed by atoms with Gasteiger partial charge in [0.15, 0.2) is 5.84 Å². The number of carbonyl (C=O) groups excluding carboxylic acids is 1. The highest BCUT2D eigenvalue weighted by Gasteiger charge is 2.35. The molecule has 1 atom stereocenters. The average Bonchev–Trinajstić information content (AvgIpc) is 3.05. The number of piperidine rings is 1. The molecule has 1 fully saturated rings. The highest BCUT2D eigenvalue weighted by atomic mass is 32.2. The van der Waals surface area contributed by atoms with E-state index < -0.39 is 10.0 Å². The van der Waals surface area contributed by atoms with Gasteiger partial charge in [0.2, 0.25) is 5.91 Å². The number of ether oxygens (including phenoxy) is 1. The molecule has 2 aromatic rings. The number of carbonyl (C=O) groups is 1. The first-order valence-electron chi connectivity index (χ1n) is 10.6. The first kappa shape index (κ1) is 21.4. The number of hydrogen-bond acceptors (Lipinski definition) is 5. The van der Waals surface area contributed by atoms with Crippen LogP contribution in [0.15, 0.2) is 51.8 Å². The Kier molecular flexibility index (Phi) is 6.00. The molecule has 8 heteroatoms. The molecule has 1 amide bonds. The average molecular weight is 442 g/mol. The van der Waals surface area contributed by atoms with Gasteiger partial charge in [-0.1, -0.05) is 25.1 Å². The third-order valence-corrected chi connectivity index (χ3v) is 6.89. The summed E-state index contributed by atoms with van der Waals surface area (Å²) in [5.74, 6) is 0.746. The molecule has 1 unspecified atom stereocenters. The van der Waals surface area contributed by atoms with Gasteiger partial charge in [-0.05, 0) is 56.0 Å². The van der Waals surface area contributed by atoms with Crippen LogP contribution < -0.4 is 10.1 Å². The Morgan fingerprint density at radius 1 is 1.26 bits per heavy atom. The summed E-state index contributed by atoms with van der Waals surface area (Å²) in [6.45, 7) is 5.69. The second-order valence-corrected chi connectivity index (χ2v) is 9.58. The van der Waals surface area contributed by atoms with Gasteiger partial charge in [0.1, 0.15) is 10.6 Å². The van der Waals surface area contributed by atoms with Crippen molar-refractivity contribution in [1.29, 1.82) is 0 Å². The predicted octanol–water partition coefficient (Wildman–Crippen LogP) is 3.58. The maximum absolute atomic E-state index is 13.1. The number of sulfonamides is 1. The summed E-state index contributed by atoms with van der Waals surface area (Å²) in [4.78, 5) is 15.2. The Hall–Kier alpha value is -2.87. The summed E-state index contributed by atoms with van der Waals surface area (Å²) in [7, 11) is -3.68. The van der Waals surface area contributed by atoms with Gasteiger partial charge < -0.3 is 15.0 Å². The fraction of sp³-hybridized carbons (Fsp3) is 0.391. The van der Waals surface area contributed by atoms with Crippen LogP contribution in [0.1, 0.15) is 37.3 Å². The molecule has 0 aromatic heterocycles. The lowest BCUT2D eigenvalue weighted by molar-refractivity contribution is -0.121. The highest BCUT2D eigenvalue weighted by molar-refractivity contribution is 7.90. The Bertz CT molecular complexity index is 1130. The van der Waals surface area contributed by atoms with Gasteiger partial charge >= 0.3 is 0 Å². The Balaban J connectivity index is 1.51. The second-order valence-electron chi connectivity index (χ2n) is 8.01. The third-order valence-electron chi connectivity index (χ3n) is 5.56. The minimum absolute atomic E-state index is 0.0929. The van der Waals surface area contributed by atoms with Crippen LogP contribution in [0.3, 0.4) is 0 Å². The molecule has 0 aliphatic carbocycles. The summed E-state index contributed by atoms with van der Waals surface area (Å²) < 4.78 is 34.6. The van der Waals surface area contributed by atoms with Crippen LogP contribution in [-0.2, 0) is 14.8 Å². The zero-order valence-corrected chi connectivity index (χ0v) is 18.6. The van der Waals surface area contributed by atoms with Gasteiger partial charge in [-0.25, -0.2) is 0 Å². The normalized spacial score (nSPS) is 19.5. The predicted molar refractivity (Wildman–Crippen MR) is 120 cm³/mol. The van der Waals surface area contributed by atoms with Gasteiger partial charge in [-0.3, -0.25) is 4.79 Å². The fourth-order valence-corrected chi connectivity index (χ4v) is 5.23. The number of benzene rings is 2. The number of rotatable bonds is 5. The number of amidine groups is 1. The van der Waals surface area contributed by atoms with Gasteiger partial charge in [0.05, 0.1) is 18.2 Å². The summed E-state index contributed by atoms with van der Waals surface area (Å²) in [6, 6.07) is 12.6. The molecule has 2 heterocycles. The van der Waals surface area contributed by atoms with Crippen molar-refractivity contribution < 1.29 is 17.9 Å². The van der Waals surface area contributed by atoms with Gasteiger partial charge in [0.25, 0.3) is 10.0 Å². The number of fused-ring (bicyclic) bond motifs is 1. The minimum atomic E-state index is -3.68. The van der Waals surface area contributed by atoms with Gasteiger partial charge in [-0.15, -0.1) is 4.40 Å². The third kappa shape index (κ3) is 4.44. The van der Waals surface area contributed by atoms with E-state index in [1.54, 1.807) is 24.3 Å². The molecular formula is C23H27N3O4S. The SMILES string of the molecule is CCCOc1cc(C)ccc1NC(=O)C1CCCN(C2=NS(=O)(=O)c3ccccc32)C1. The van der Waals surface area contributed by atoms with E-state index in [2.05, 4.69) is 9.71 Å². The molecule has 1 saturated heterocycles. The molecule has 4 rings (SSSR count). The largest absolute Gasteiger partial charge is 0.491 e. The van der Waals surface area contributed by atoms with E-state index in [4.69, 9.17) is 4.74 Å². The van der Waals surface area contributed by atoms with Crippen molar-refractivity contribution >= 4 is 27.5 Å². The number of nitrogens with one attached hydrogen (secondary N) is 1. The van der Waals surface area contributed by atoms with E-state index >= 15 is 0 Å². The van der Waals surface area contributed by atoms with Crippen LogP contribution in [0.25, 0.3) is 0 Å². The molecular weight excluding hydrogens is 414 g/mol. The van der Waals surface area contributed by atoms with Crippen LogP contribution in [0.4, 0.5) is 5.69 Å². The lowest BCUT2D eigenvalue weighted by Gasteiger charge is -2.33. The zero-order chi connectivity index (χ0) is 22.0. The van der Waals surface area contributed by atoms with E-state index in [1.165, 1.54) is 0 Å². The van der Waals surface area contributed by atoms with Crippen molar-refractivity contribution in [2.24, 2.45) is 10.3 Å². The van der Waals surface area contributed by atoms with E-state index in [0.717, 1.165) is 24.8 Å². The molecule has 2 aliphatic rings. The van der Waals surface area contributed by atoms with E-state index in [9.17, 15) is 13.2 Å². The van der Waals surface area contributed by atoms with E-state index in [-0.39, 0.29) is 16.7 Å². The molecule has 164 valence electrons. The van der Waals surface area contributed by atoms with Crippen molar-refractivity contribution in [2.75, 3.05) is 25.0 Å². The Labute approximate surface area is 183 Å². The molecule has 2 aliphatic heterocycles. The number of anilines is 1. The first-order valence-corrected chi connectivity index (χ1v) is 12.1. The molecule has 31 heavy (non-hydrogen) atoms. The smallest absolute Gasteiger partial charge is 0.285 e. The standard InChI is InChI=1S/C23H27N3O4S/c1-3-13-30-20-14-16(2)10-11-19(20)24-23(27)17-7-6-12-26(15-17)22-18-8-4-5-9-21(18)31(28,29)25-22/h4-5,8-11,14,17H,3,6-7,12-13,15H2,1-2H3,(H,24,27). The second kappa shape index (κ2) is 8.70. The Morgan fingerprint density at radius 3 is 2.87 bits per heavy atom. The maximum Gasteiger partial charge on any atom is 0.285 e. The van der Waals surface area contributed by atoms with Crippen LogP contribution in [0, 0.1) is 12.8 Å². The molecule has 0 bridgehead atoms. The molecule has 0 saturated carbocycles. The lowest BCUT2D eigenvalue weighted by Crippen LogP contribution is -2.43. The first-order chi connectivity index (χ1) is 14.9. The van der Waals surface area contributed by atoms with Crippen LogP contribution >= 0.6 is 0 Å². The lowest BCUT2D eigenvalue weighted by atomic mass is 9.96. The molecule has 0 spiro atoms. The van der Waals surface area contributed by atoms with Crippen molar-refractivity contribution in [1.82, 2.24) is 4.90 Å². The maximum atomic E-state index is 13.1. The van der Waals surface area contributed by atoms with Crippen LogP contribution in [0.5, 0.6) is 5.75 Å². The number of likely N-dealkylation sites (tertiary alicyclic amines) is 1. The quantitative estimate of drug-likeness (QED) is 0.766. The molecule has 2 aromatic carbocycles. The highest BCUT2D eigenvalue weighted by Crippen LogP contribution is 2.31. The summed E-state index contributed by atoms with van der Waals surface area (Å²) in [5.41, 5.74) is 2.33. The summed E-state index contributed by atoms with van der Waals surface area (Å²) in [5, 5.41) is 3.01. The monoisotopic (exact) mass is 441 g/mol. The molecule has 1 N–H and O–H groups in total. The van der Waals surface area contributed by atoms with Crippen molar-refractivity contribution in [3.63, 3.8) is 0 Å². The van der Waals surface area contributed by atoms with Crippen LogP contribution in [-0.4, -0.2) is 44.8 Å². The van der Waals surface area contributed by atoms with E-state index in [0.29, 0.717) is 42.5 Å². The minimum Gasteiger partial charge on any atom is -0.491 e. The zero-order valence-electron chi connectivity index (χ0n) is 17.8. The number of hydrogen-bond donors (Lipinski definition) is 1. The number of aryl methyl sites for hydroxylation is 1. The number of nitrogens with zero attached hydrogens (tertiary/aromatic N) is 2.